The number of nitrogens with one attached hydrogen (secondary N) is 1. The molecular formula is C17H17NO3. The number of anilines is 1. The van der Waals surface area contributed by atoms with Crippen molar-refractivity contribution >= 4 is 11.5 Å². The molecular weight excluding hydrogens is 266 g/mol. The predicted molar refractivity (Wildman–Crippen MR) is 81.4 cm³/mol. The molecule has 0 fully saturated rings. The van der Waals surface area contributed by atoms with Crippen molar-refractivity contribution < 1.29 is 14.3 Å². The van der Waals surface area contributed by atoms with Crippen LogP contribution < -0.4 is 14.8 Å². The zero-order chi connectivity index (χ0) is 14.8. The lowest BCUT2D eigenvalue weighted by atomic mass is 10.00. The van der Waals surface area contributed by atoms with Crippen molar-refractivity contribution in [3.63, 3.8) is 0 Å². The molecule has 0 bridgehead atoms. The van der Waals surface area contributed by atoms with Crippen LogP contribution in [-0.4, -0.2) is 25.5 Å². The summed E-state index contributed by atoms with van der Waals surface area (Å²) in [6, 6.07) is 13.1. The molecule has 108 valence electrons. The molecule has 2 aromatic rings. The Kier molecular flexibility index (Phi) is 3.52. The van der Waals surface area contributed by atoms with E-state index in [4.69, 9.17) is 9.47 Å². The predicted octanol–water partition coefficient (Wildman–Crippen LogP) is 3.06. The van der Waals surface area contributed by atoms with Gasteiger partial charge in [0.15, 0.2) is 6.10 Å². The molecule has 3 rings (SSSR count). The number of hydrogen-bond donors (Lipinski definition) is 1. The van der Waals surface area contributed by atoms with Crippen LogP contribution in [0, 0.1) is 6.92 Å². The van der Waals surface area contributed by atoms with Gasteiger partial charge in [0.25, 0.3) is 0 Å². The fraction of sp³-hybridized carbons (Fsp3) is 0.235. The Morgan fingerprint density at radius 3 is 2.86 bits per heavy atom. The van der Waals surface area contributed by atoms with Gasteiger partial charge in [-0.15, -0.1) is 0 Å². The van der Waals surface area contributed by atoms with Crippen LogP contribution >= 0.6 is 0 Å². The van der Waals surface area contributed by atoms with Crippen LogP contribution in [-0.2, 0) is 0 Å². The highest BCUT2D eigenvalue weighted by Gasteiger charge is 2.27. The number of ether oxygens (including phenoxy) is 2. The quantitative estimate of drug-likeness (QED) is 0.879. The first kappa shape index (κ1) is 13.5. The molecule has 4 heteroatoms. The number of methoxy groups -OCH3 is 1. The minimum atomic E-state index is -0.507. The molecule has 1 N–H and O–H groups in total. The molecule has 4 nitrogen and oxygen atoms in total. The molecule has 1 atom stereocenters. The highest BCUT2D eigenvalue weighted by Crippen LogP contribution is 2.29. The lowest BCUT2D eigenvalue weighted by Gasteiger charge is -2.26. The molecule has 1 unspecified atom stereocenters. The lowest BCUT2D eigenvalue weighted by molar-refractivity contribution is 0.0801. The maximum absolute atomic E-state index is 12.6. The number of fused-ring (bicyclic) bond motifs is 1. The summed E-state index contributed by atoms with van der Waals surface area (Å²) in [5.41, 5.74) is 2.48. The summed E-state index contributed by atoms with van der Waals surface area (Å²) in [6.45, 7) is 2.38. The molecule has 0 aliphatic carbocycles. The van der Waals surface area contributed by atoms with Crippen LogP contribution in [0.5, 0.6) is 11.5 Å². The number of para-hydroxylation sites is 2. The Morgan fingerprint density at radius 2 is 2.10 bits per heavy atom. The van der Waals surface area contributed by atoms with Crippen LogP contribution in [0.3, 0.4) is 0 Å². The second-order valence-corrected chi connectivity index (χ2v) is 5.03. The summed E-state index contributed by atoms with van der Waals surface area (Å²) in [4.78, 5) is 12.6. The summed E-state index contributed by atoms with van der Waals surface area (Å²) in [5.74, 6) is 1.45. The minimum absolute atomic E-state index is 0.0165. The second-order valence-electron chi connectivity index (χ2n) is 5.03. The van der Waals surface area contributed by atoms with Gasteiger partial charge in [-0.25, -0.2) is 0 Å². The van der Waals surface area contributed by atoms with E-state index in [0.29, 0.717) is 17.9 Å². The zero-order valence-corrected chi connectivity index (χ0v) is 12.1. The van der Waals surface area contributed by atoms with Gasteiger partial charge in [0.1, 0.15) is 11.5 Å². The number of Topliss-reactive ketones (excluding diaryl/α,β-unsaturated/α-hetero) is 1. The molecule has 1 heterocycles. The van der Waals surface area contributed by atoms with Crippen molar-refractivity contribution in [2.24, 2.45) is 0 Å². The van der Waals surface area contributed by atoms with E-state index < -0.39 is 6.10 Å². The summed E-state index contributed by atoms with van der Waals surface area (Å²) in [7, 11) is 1.61. The zero-order valence-electron chi connectivity index (χ0n) is 12.1. The third-order valence-corrected chi connectivity index (χ3v) is 3.63. The largest absolute Gasteiger partial charge is 0.497 e. The Bertz CT molecular complexity index is 681. The average molecular weight is 283 g/mol. The average Bonchev–Trinajstić information content (AvgIpc) is 2.53. The molecule has 0 saturated carbocycles. The van der Waals surface area contributed by atoms with E-state index in [1.54, 1.807) is 19.2 Å². The van der Waals surface area contributed by atoms with E-state index in [-0.39, 0.29) is 5.78 Å². The Morgan fingerprint density at radius 1 is 1.29 bits per heavy atom. The summed E-state index contributed by atoms with van der Waals surface area (Å²) in [5, 5.41) is 3.23. The van der Waals surface area contributed by atoms with Crippen molar-refractivity contribution in [2.75, 3.05) is 19.0 Å². The number of rotatable bonds is 3. The molecule has 1 aliphatic heterocycles. The maximum Gasteiger partial charge on any atom is 0.205 e. The highest BCUT2D eigenvalue weighted by molar-refractivity contribution is 6.01. The Hall–Kier alpha value is -2.49. The van der Waals surface area contributed by atoms with E-state index in [0.717, 1.165) is 17.0 Å². The van der Waals surface area contributed by atoms with Gasteiger partial charge in [-0.3, -0.25) is 4.79 Å². The van der Waals surface area contributed by atoms with Crippen molar-refractivity contribution in [3.8, 4) is 11.5 Å². The first-order chi connectivity index (χ1) is 10.2. The van der Waals surface area contributed by atoms with Gasteiger partial charge in [-0.1, -0.05) is 12.1 Å². The van der Waals surface area contributed by atoms with E-state index in [1.807, 2.05) is 37.3 Å². The van der Waals surface area contributed by atoms with Crippen LogP contribution in [0.15, 0.2) is 42.5 Å². The molecule has 21 heavy (non-hydrogen) atoms. The van der Waals surface area contributed by atoms with E-state index >= 15 is 0 Å². The normalized spacial score (nSPS) is 16.4. The maximum atomic E-state index is 12.6. The monoisotopic (exact) mass is 283 g/mol. The third-order valence-electron chi connectivity index (χ3n) is 3.63. The molecule has 0 spiro atoms. The molecule has 0 radical (unpaired) electrons. The summed E-state index contributed by atoms with van der Waals surface area (Å²) in [6.07, 6.45) is -0.507. The highest BCUT2D eigenvalue weighted by atomic mass is 16.5. The smallest absolute Gasteiger partial charge is 0.205 e. The number of carbonyl (C=O) groups excluding carboxylic acids is 1. The van der Waals surface area contributed by atoms with Gasteiger partial charge in [0.2, 0.25) is 5.78 Å². The topological polar surface area (TPSA) is 47.6 Å². The third kappa shape index (κ3) is 2.57. The van der Waals surface area contributed by atoms with E-state index in [2.05, 4.69) is 5.32 Å². The lowest BCUT2D eigenvalue weighted by Crippen LogP contribution is -2.38. The van der Waals surface area contributed by atoms with Gasteiger partial charge in [0, 0.05) is 5.56 Å². The van der Waals surface area contributed by atoms with E-state index in [1.165, 1.54) is 0 Å². The summed E-state index contributed by atoms with van der Waals surface area (Å²) >= 11 is 0. The van der Waals surface area contributed by atoms with E-state index in [9.17, 15) is 4.79 Å². The Balaban J connectivity index is 1.84. The van der Waals surface area contributed by atoms with Crippen molar-refractivity contribution in [3.05, 3.63) is 53.6 Å². The molecule has 2 aromatic carbocycles. The summed E-state index contributed by atoms with van der Waals surface area (Å²) < 4.78 is 11.0. The van der Waals surface area contributed by atoms with Gasteiger partial charge >= 0.3 is 0 Å². The fourth-order valence-electron chi connectivity index (χ4n) is 2.47. The molecule has 0 saturated heterocycles. The Labute approximate surface area is 123 Å². The number of hydrogen-bond acceptors (Lipinski definition) is 4. The van der Waals surface area contributed by atoms with Gasteiger partial charge < -0.3 is 14.8 Å². The van der Waals surface area contributed by atoms with Gasteiger partial charge in [0.05, 0.1) is 19.3 Å². The van der Waals surface area contributed by atoms with Crippen LogP contribution in [0.4, 0.5) is 5.69 Å². The molecule has 0 aromatic heterocycles. The molecule has 0 amide bonds. The minimum Gasteiger partial charge on any atom is -0.497 e. The number of carbonyl (C=O) groups is 1. The standard InChI is InChI=1S/C17H17NO3/c1-11-9-12(20-2)7-8-13(11)17(19)16-10-18-14-5-3-4-6-15(14)21-16/h3-9,16,18H,10H2,1-2H3. The number of benzene rings is 2. The second kappa shape index (κ2) is 5.48. The number of aryl methyl sites for hydroxylation is 1. The fourth-order valence-corrected chi connectivity index (χ4v) is 2.47. The SMILES string of the molecule is COc1ccc(C(=O)C2CNc3ccccc3O2)c(C)c1. The first-order valence-corrected chi connectivity index (χ1v) is 6.87. The van der Waals surface area contributed by atoms with Crippen LogP contribution in [0.2, 0.25) is 0 Å². The van der Waals surface area contributed by atoms with Crippen LogP contribution in [0.25, 0.3) is 0 Å². The van der Waals surface area contributed by atoms with Crippen LogP contribution in [0.1, 0.15) is 15.9 Å². The molecule has 1 aliphatic rings. The van der Waals surface area contributed by atoms with Crippen molar-refractivity contribution in [1.82, 2.24) is 0 Å². The van der Waals surface area contributed by atoms with Crippen molar-refractivity contribution in [2.45, 2.75) is 13.0 Å². The van der Waals surface area contributed by atoms with Gasteiger partial charge in [-0.05, 0) is 42.8 Å². The van der Waals surface area contributed by atoms with Gasteiger partial charge in [-0.2, -0.15) is 0 Å². The van der Waals surface area contributed by atoms with Crippen molar-refractivity contribution in [1.29, 1.82) is 0 Å². The number of ketones is 1. The first-order valence-electron chi connectivity index (χ1n) is 6.87.